The predicted octanol–water partition coefficient (Wildman–Crippen LogP) is 1.31. The number of anilines is 2. The molecule has 5 nitrogen and oxygen atoms in total. The maximum absolute atomic E-state index is 5.83. The molecule has 0 aliphatic carbocycles. The molecule has 0 spiro atoms. The van der Waals surface area contributed by atoms with Gasteiger partial charge in [0.2, 0.25) is 0 Å². The van der Waals surface area contributed by atoms with Crippen LogP contribution in [0.4, 0.5) is 11.5 Å². The number of nitrogens with two attached hydrogens (primary N) is 2. The van der Waals surface area contributed by atoms with Crippen LogP contribution in [0.5, 0.6) is 0 Å². The van der Waals surface area contributed by atoms with Crippen molar-refractivity contribution >= 4 is 22.4 Å². The van der Waals surface area contributed by atoms with Gasteiger partial charge in [-0.3, -0.25) is 0 Å². The molecule has 1 unspecified atom stereocenters. The third kappa shape index (κ3) is 2.21. The average molecular weight is 257 g/mol. The second-order valence-corrected chi connectivity index (χ2v) is 5.21. The standard InChI is InChI=1S/C14H19N5/c1-9-17-13-6-11(16)2-3-12(13)14(18-9)19-5-4-10(7-15)8-19/h2-3,6,10H,4-5,7-8,15-16H2,1H3. The third-order valence-electron chi connectivity index (χ3n) is 3.73. The largest absolute Gasteiger partial charge is 0.399 e. The minimum absolute atomic E-state index is 0.569. The van der Waals surface area contributed by atoms with Crippen LogP contribution in [0.3, 0.4) is 0 Å². The van der Waals surface area contributed by atoms with E-state index in [4.69, 9.17) is 11.5 Å². The quantitative estimate of drug-likeness (QED) is 0.793. The number of benzene rings is 1. The van der Waals surface area contributed by atoms with Crippen molar-refractivity contribution in [3.05, 3.63) is 24.0 Å². The Morgan fingerprint density at radius 3 is 2.95 bits per heavy atom. The van der Waals surface area contributed by atoms with Gasteiger partial charge in [-0.1, -0.05) is 0 Å². The van der Waals surface area contributed by atoms with Crippen LogP contribution in [-0.2, 0) is 0 Å². The highest BCUT2D eigenvalue weighted by Gasteiger charge is 2.24. The van der Waals surface area contributed by atoms with Crippen molar-refractivity contribution in [1.29, 1.82) is 0 Å². The zero-order chi connectivity index (χ0) is 13.4. The Labute approximate surface area is 112 Å². The van der Waals surface area contributed by atoms with Gasteiger partial charge in [-0.25, -0.2) is 9.97 Å². The smallest absolute Gasteiger partial charge is 0.140 e. The molecule has 1 aliphatic rings. The number of rotatable bonds is 2. The number of hydrogen-bond donors (Lipinski definition) is 2. The van der Waals surface area contributed by atoms with Crippen molar-refractivity contribution in [3.8, 4) is 0 Å². The average Bonchev–Trinajstić information content (AvgIpc) is 2.85. The maximum atomic E-state index is 5.83. The summed E-state index contributed by atoms with van der Waals surface area (Å²) in [6.07, 6.45) is 1.13. The van der Waals surface area contributed by atoms with Gasteiger partial charge in [0.05, 0.1) is 5.52 Å². The van der Waals surface area contributed by atoms with Crippen molar-refractivity contribution in [1.82, 2.24) is 9.97 Å². The minimum Gasteiger partial charge on any atom is -0.399 e. The van der Waals surface area contributed by atoms with Gasteiger partial charge in [-0.15, -0.1) is 0 Å². The van der Waals surface area contributed by atoms with Crippen molar-refractivity contribution in [2.75, 3.05) is 30.3 Å². The first-order valence-electron chi connectivity index (χ1n) is 6.66. The lowest BCUT2D eigenvalue weighted by Gasteiger charge is -2.19. The van der Waals surface area contributed by atoms with E-state index >= 15 is 0 Å². The summed E-state index contributed by atoms with van der Waals surface area (Å²) >= 11 is 0. The molecule has 0 amide bonds. The fraction of sp³-hybridized carbons (Fsp3) is 0.429. The number of nitrogens with zero attached hydrogens (tertiary/aromatic N) is 3. The number of aryl methyl sites for hydroxylation is 1. The molecule has 1 saturated heterocycles. The minimum atomic E-state index is 0.569. The monoisotopic (exact) mass is 257 g/mol. The highest BCUT2D eigenvalue weighted by Crippen LogP contribution is 2.29. The van der Waals surface area contributed by atoms with Gasteiger partial charge in [0.15, 0.2) is 0 Å². The molecule has 0 bridgehead atoms. The van der Waals surface area contributed by atoms with Crippen LogP contribution < -0.4 is 16.4 Å². The predicted molar refractivity (Wildman–Crippen MR) is 78.1 cm³/mol. The lowest BCUT2D eigenvalue weighted by atomic mass is 10.1. The fourth-order valence-electron chi connectivity index (χ4n) is 2.70. The van der Waals surface area contributed by atoms with E-state index in [9.17, 15) is 0 Å². The van der Waals surface area contributed by atoms with E-state index < -0.39 is 0 Å². The molecule has 2 heterocycles. The normalized spacial score (nSPS) is 19.3. The van der Waals surface area contributed by atoms with E-state index in [1.54, 1.807) is 0 Å². The Bertz CT molecular complexity index is 605. The van der Waals surface area contributed by atoms with Crippen molar-refractivity contribution < 1.29 is 0 Å². The molecule has 1 aromatic heterocycles. The molecule has 5 heteroatoms. The first-order chi connectivity index (χ1) is 9.17. The van der Waals surface area contributed by atoms with E-state index in [0.717, 1.165) is 54.3 Å². The van der Waals surface area contributed by atoms with Crippen LogP contribution in [0.15, 0.2) is 18.2 Å². The summed E-state index contributed by atoms with van der Waals surface area (Å²) in [5.74, 6) is 2.36. The summed E-state index contributed by atoms with van der Waals surface area (Å²) in [5, 5.41) is 1.07. The summed E-state index contributed by atoms with van der Waals surface area (Å²) in [5.41, 5.74) is 13.2. The van der Waals surface area contributed by atoms with Crippen LogP contribution in [0.25, 0.3) is 10.9 Å². The van der Waals surface area contributed by atoms with E-state index in [-0.39, 0.29) is 0 Å². The molecule has 1 aliphatic heterocycles. The number of fused-ring (bicyclic) bond motifs is 1. The molecule has 4 N–H and O–H groups in total. The van der Waals surface area contributed by atoms with E-state index in [1.165, 1.54) is 0 Å². The van der Waals surface area contributed by atoms with Crippen molar-refractivity contribution in [2.24, 2.45) is 11.7 Å². The van der Waals surface area contributed by atoms with Crippen LogP contribution in [-0.4, -0.2) is 29.6 Å². The molecule has 0 radical (unpaired) electrons. The first-order valence-corrected chi connectivity index (χ1v) is 6.66. The number of hydrogen-bond acceptors (Lipinski definition) is 5. The van der Waals surface area contributed by atoms with Gasteiger partial charge in [0.1, 0.15) is 11.6 Å². The number of nitrogen functional groups attached to an aromatic ring is 1. The van der Waals surface area contributed by atoms with E-state index in [1.807, 2.05) is 25.1 Å². The maximum Gasteiger partial charge on any atom is 0.140 e. The van der Waals surface area contributed by atoms with Crippen molar-refractivity contribution in [2.45, 2.75) is 13.3 Å². The zero-order valence-corrected chi connectivity index (χ0v) is 11.1. The molecule has 1 atom stereocenters. The summed E-state index contributed by atoms with van der Waals surface area (Å²) in [4.78, 5) is 11.4. The lowest BCUT2D eigenvalue weighted by Crippen LogP contribution is -2.24. The zero-order valence-electron chi connectivity index (χ0n) is 11.1. The molecule has 1 fully saturated rings. The SMILES string of the molecule is Cc1nc(N2CCC(CN)C2)c2ccc(N)cc2n1. The van der Waals surface area contributed by atoms with E-state index in [0.29, 0.717) is 5.92 Å². The summed E-state index contributed by atoms with van der Waals surface area (Å²) in [6.45, 7) is 4.65. The topological polar surface area (TPSA) is 81.1 Å². The number of aromatic nitrogens is 2. The van der Waals surface area contributed by atoms with Crippen LogP contribution in [0.1, 0.15) is 12.2 Å². The first kappa shape index (κ1) is 12.2. The van der Waals surface area contributed by atoms with Crippen LogP contribution >= 0.6 is 0 Å². The van der Waals surface area contributed by atoms with Gasteiger partial charge >= 0.3 is 0 Å². The summed E-state index contributed by atoms with van der Waals surface area (Å²) in [6, 6.07) is 5.82. The second-order valence-electron chi connectivity index (χ2n) is 5.21. The molecular weight excluding hydrogens is 238 g/mol. The molecule has 2 aromatic rings. The third-order valence-corrected chi connectivity index (χ3v) is 3.73. The molecule has 3 rings (SSSR count). The molecular formula is C14H19N5. The lowest BCUT2D eigenvalue weighted by molar-refractivity contribution is 0.602. The Hall–Kier alpha value is -1.88. The van der Waals surface area contributed by atoms with Gasteiger partial charge in [-0.2, -0.15) is 0 Å². The van der Waals surface area contributed by atoms with Crippen LogP contribution in [0.2, 0.25) is 0 Å². The molecule has 0 saturated carbocycles. The Morgan fingerprint density at radius 1 is 1.37 bits per heavy atom. The van der Waals surface area contributed by atoms with Crippen LogP contribution in [0, 0.1) is 12.8 Å². The van der Waals surface area contributed by atoms with Gasteiger partial charge in [0, 0.05) is 24.2 Å². The van der Waals surface area contributed by atoms with Gasteiger partial charge in [0.25, 0.3) is 0 Å². The molecule has 1 aromatic carbocycles. The van der Waals surface area contributed by atoms with Gasteiger partial charge < -0.3 is 16.4 Å². The fourth-order valence-corrected chi connectivity index (χ4v) is 2.70. The van der Waals surface area contributed by atoms with Crippen molar-refractivity contribution in [3.63, 3.8) is 0 Å². The highest BCUT2D eigenvalue weighted by atomic mass is 15.2. The Morgan fingerprint density at radius 2 is 2.21 bits per heavy atom. The molecule has 100 valence electrons. The summed E-state index contributed by atoms with van der Waals surface area (Å²) in [7, 11) is 0. The highest BCUT2D eigenvalue weighted by molar-refractivity contribution is 5.91. The van der Waals surface area contributed by atoms with E-state index in [2.05, 4.69) is 14.9 Å². The second kappa shape index (κ2) is 4.66. The molecule has 19 heavy (non-hydrogen) atoms. The van der Waals surface area contributed by atoms with Gasteiger partial charge in [-0.05, 0) is 44.0 Å². The Kier molecular flexibility index (Phi) is 2.98. The summed E-state index contributed by atoms with van der Waals surface area (Å²) < 4.78 is 0. The Balaban J connectivity index is 2.08.